The van der Waals surface area contributed by atoms with E-state index in [1.807, 2.05) is 12.1 Å². The fraction of sp³-hybridized carbons (Fsp3) is 0.696. The molecule has 1 N–H and O–H groups in total. The molecule has 26 heavy (non-hydrogen) atoms. The second-order valence-electron chi connectivity index (χ2n) is 9.78. The Labute approximate surface area is 156 Å². The van der Waals surface area contributed by atoms with E-state index in [1.165, 1.54) is 30.4 Å². The highest BCUT2D eigenvalue weighted by atomic mass is 16.6. The van der Waals surface area contributed by atoms with Crippen LogP contribution >= 0.6 is 0 Å². The Bertz CT molecular complexity index is 756. The molecule has 3 fully saturated rings. The molecule has 6 atom stereocenters. The Balaban J connectivity index is 1.49. The molecule has 0 amide bonds. The molecular weight excluding hydrogens is 324 g/mol. The molecule has 1 aromatic carbocycles. The summed E-state index contributed by atoms with van der Waals surface area (Å²) in [7, 11) is 0. The van der Waals surface area contributed by atoms with Gasteiger partial charge in [-0.2, -0.15) is 0 Å². The normalized spacial score (nSPS) is 44.2. The number of aryl methyl sites for hydroxylation is 1. The summed E-state index contributed by atoms with van der Waals surface area (Å²) in [6.45, 7) is 4.65. The number of hydrogen-bond donors (Lipinski definition) is 1. The first-order chi connectivity index (χ1) is 12.4. The molecule has 5 rings (SSSR count). The van der Waals surface area contributed by atoms with Gasteiger partial charge in [0.1, 0.15) is 11.4 Å². The average Bonchev–Trinajstić information content (AvgIpc) is 2.85. The Hall–Kier alpha value is -1.51. The van der Waals surface area contributed by atoms with Gasteiger partial charge in [-0.1, -0.05) is 19.9 Å². The van der Waals surface area contributed by atoms with Crippen molar-refractivity contribution in [1.29, 1.82) is 0 Å². The maximum Gasteiger partial charge on any atom is 0.306 e. The van der Waals surface area contributed by atoms with Crippen molar-refractivity contribution < 1.29 is 14.6 Å². The Morgan fingerprint density at radius 2 is 2.04 bits per heavy atom. The zero-order valence-corrected chi connectivity index (χ0v) is 16.0. The molecule has 0 bridgehead atoms. The third kappa shape index (κ3) is 2.15. The van der Waals surface area contributed by atoms with Gasteiger partial charge in [0.25, 0.3) is 0 Å². The molecule has 4 aliphatic rings. The summed E-state index contributed by atoms with van der Waals surface area (Å²) in [6, 6.07) is 5.99. The van der Waals surface area contributed by atoms with E-state index in [0.717, 1.165) is 25.7 Å². The highest BCUT2D eigenvalue weighted by molar-refractivity contribution is 5.71. The van der Waals surface area contributed by atoms with E-state index in [9.17, 15) is 9.90 Å². The largest absolute Gasteiger partial charge is 0.508 e. The number of fused-ring (bicyclic) bond motifs is 6. The van der Waals surface area contributed by atoms with Crippen LogP contribution < -0.4 is 0 Å². The summed E-state index contributed by atoms with van der Waals surface area (Å²) in [5, 5.41) is 9.84. The van der Waals surface area contributed by atoms with Crippen LogP contribution in [0.5, 0.6) is 5.75 Å². The van der Waals surface area contributed by atoms with E-state index in [4.69, 9.17) is 4.74 Å². The van der Waals surface area contributed by atoms with Crippen LogP contribution in [-0.4, -0.2) is 16.7 Å². The number of ether oxygens (including phenoxy) is 1. The molecule has 0 radical (unpaired) electrons. The maximum atomic E-state index is 12.3. The van der Waals surface area contributed by atoms with Crippen molar-refractivity contribution >= 4 is 5.97 Å². The fourth-order valence-electron chi connectivity index (χ4n) is 7.38. The summed E-state index contributed by atoms with van der Waals surface area (Å²) in [5.41, 5.74) is 2.73. The number of phenolic OH excluding ortho intramolecular Hbond substituents is 1. The van der Waals surface area contributed by atoms with Gasteiger partial charge in [-0.15, -0.1) is 0 Å². The predicted octanol–water partition coefficient (Wildman–Crippen LogP) is 4.96. The minimum absolute atomic E-state index is 0.0252. The van der Waals surface area contributed by atoms with Crippen molar-refractivity contribution in [2.24, 2.45) is 23.2 Å². The molecule has 0 aromatic heterocycles. The first-order valence-corrected chi connectivity index (χ1v) is 10.5. The zero-order chi connectivity index (χ0) is 18.1. The second-order valence-corrected chi connectivity index (χ2v) is 9.78. The highest BCUT2D eigenvalue weighted by Crippen LogP contribution is 2.67. The molecule has 140 valence electrons. The lowest BCUT2D eigenvalue weighted by Crippen LogP contribution is -2.55. The van der Waals surface area contributed by atoms with Gasteiger partial charge < -0.3 is 9.84 Å². The SMILES string of the molecule is CC1CC(=O)O[C@]2(CCC3C4CCc5cc(O)ccc5C4CCC32C)C1. The topological polar surface area (TPSA) is 46.5 Å². The van der Waals surface area contributed by atoms with E-state index in [1.54, 1.807) is 0 Å². The molecule has 1 spiro atoms. The molecule has 1 saturated heterocycles. The van der Waals surface area contributed by atoms with Gasteiger partial charge in [0.15, 0.2) is 0 Å². The van der Waals surface area contributed by atoms with E-state index in [0.29, 0.717) is 35.8 Å². The van der Waals surface area contributed by atoms with Gasteiger partial charge in [0, 0.05) is 11.8 Å². The first kappa shape index (κ1) is 16.6. The number of phenols is 1. The van der Waals surface area contributed by atoms with Crippen molar-refractivity contribution in [2.75, 3.05) is 0 Å². The third-order valence-corrected chi connectivity index (χ3v) is 8.50. The molecular formula is C23H30O3. The van der Waals surface area contributed by atoms with E-state index < -0.39 is 0 Å². The van der Waals surface area contributed by atoms with Gasteiger partial charge >= 0.3 is 5.97 Å². The quantitative estimate of drug-likeness (QED) is 0.670. The van der Waals surface area contributed by atoms with Crippen molar-refractivity contribution in [1.82, 2.24) is 0 Å². The summed E-state index contributed by atoms with van der Waals surface area (Å²) in [6.07, 6.45) is 8.50. The highest BCUT2D eigenvalue weighted by Gasteiger charge is 2.64. The molecule has 5 unspecified atom stereocenters. The van der Waals surface area contributed by atoms with Crippen LogP contribution in [0.3, 0.4) is 0 Å². The van der Waals surface area contributed by atoms with E-state index in [-0.39, 0.29) is 17.0 Å². The minimum atomic E-state index is -0.216. The minimum Gasteiger partial charge on any atom is -0.508 e. The van der Waals surface area contributed by atoms with Crippen LogP contribution in [0.2, 0.25) is 0 Å². The number of esters is 1. The molecule has 1 aromatic rings. The standard InChI is InChI=1S/C23H30O3/c1-14-11-21(25)26-23(13-14)10-8-20-19-5-3-15-12-16(24)4-6-17(15)18(19)7-9-22(20,23)2/h4,6,12,14,18-20,24H,3,5,7-11,13H2,1-2H3/t14?,18?,19?,20?,22?,23-/m1/s1. The summed E-state index contributed by atoms with van der Waals surface area (Å²) >= 11 is 0. The molecule has 3 nitrogen and oxygen atoms in total. The summed E-state index contributed by atoms with van der Waals surface area (Å²) < 4.78 is 6.17. The van der Waals surface area contributed by atoms with Gasteiger partial charge in [0.05, 0.1) is 0 Å². The lowest BCUT2D eigenvalue weighted by Gasteiger charge is -2.55. The van der Waals surface area contributed by atoms with Crippen molar-refractivity contribution in [2.45, 2.75) is 76.7 Å². The summed E-state index contributed by atoms with van der Waals surface area (Å²) in [4.78, 5) is 12.3. The molecule has 3 heteroatoms. The van der Waals surface area contributed by atoms with Gasteiger partial charge in [0.2, 0.25) is 0 Å². The lowest BCUT2D eigenvalue weighted by molar-refractivity contribution is -0.196. The van der Waals surface area contributed by atoms with Gasteiger partial charge in [-0.05, 0) is 91.9 Å². The van der Waals surface area contributed by atoms with Crippen molar-refractivity contribution in [3.63, 3.8) is 0 Å². The molecule has 3 aliphatic carbocycles. The second kappa shape index (κ2) is 5.50. The van der Waals surface area contributed by atoms with Crippen LogP contribution in [-0.2, 0) is 16.0 Å². The van der Waals surface area contributed by atoms with Crippen molar-refractivity contribution in [3.8, 4) is 5.75 Å². The molecule has 1 aliphatic heterocycles. The number of carbonyl (C=O) groups is 1. The van der Waals surface area contributed by atoms with Crippen LogP contribution in [0.15, 0.2) is 18.2 Å². The van der Waals surface area contributed by atoms with Crippen LogP contribution in [0, 0.1) is 23.2 Å². The fourth-order valence-corrected chi connectivity index (χ4v) is 7.38. The van der Waals surface area contributed by atoms with Crippen molar-refractivity contribution in [3.05, 3.63) is 29.3 Å². The number of hydrogen-bond acceptors (Lipinski definition) is 3. The van der Waals surface area contributed by atoms with Crippen LogP contribution in [0.1, 0.15) is 75.8 Å². The number of aromatic hydroxyl groups is 1. The van der Waals surface area contributed by atoms with Crippen LogP contribution in [0.4, 0.5) is 0 Å². The van der Waals surface area contributed by atoms with E-state index >= 15 is 0 Å². The van der Waals surface area contributed by atoms with Gasteiger partial charge in [-0.25, -0.2) is 0 Å². The maximum absolute atomic E-state index is 12.3. The Morgan fingerprint density at radius 1 is 1.19 bits per heavy atom. The number of rotatable bonds is 0. The third-order valence-electron chi connectivity index (χ3n) is 8.50. The monoisotopic (exact) mass is 354 g/mol. The first-order valence-electron chi connectivity index (χ1n) is 10.5. The van der Waals surface area contributed by atoms with Crippen LogP contribution in [0.25, 0.3) is 0 Å². The molecule has 1 heterocycles. The lowest BCUT2D eigenvalue weighted by atomic mass is 9.52. The number of carbonyl (C=O) groups excluding carboxylic acids is 1. The predicted molar refractivity (Wildman–Crippen MR) is 99.9 cm³/mol. The Morgan fingerprint density at radius 3 is 2.85 bits per heavy atom. The van der Waals surface area contributed by atoms with E-state index in [2.05, 4.69) is 19.9 Å². The smallest absolute Gasteiger partial charge is 0.306 e. The van der Waals surface area contributed by atoms with Gasteiger partial charge in [-0.3, -0.25) is 4.79 Å². The molecule has 2 saturated carbocycles. The Kier molecular flexibility index (Phi) is 3.52. The number of benzene rings is 1. The summed E-state index contributed by atoms with van der Waals surface area (Å²) in [5.74, 6) is 2.83. The zero-order valence-electron chi connectivity index (χ0n) is 16.0. The average molecular weight is 354 g/mol.